The van der Waals surface area contributed by atoms with Gasteiger partial charge in [-0.3, -0.25) is 4.79 Å². The molecular weight excluding hydrogens is 380 g/mol. The van der Waals surface area contributed by atoms with Gasteiger partial charge in [0.2, 0.25) is 18.1 Å². The first-order chi connectivity index (χ1) is 14.3. The first-order valence-corrected chi connectivity index (χ1v) is 9.94. The normalized spacial score (nSPS) is 12.9. The predicted molar refractivity (Wildman–Crippen MR) is 121 cm³/mol. The van der Waals surface area contributed by atoms with Crippen molar-refractivity contribution in [2.75, 3.05) is 11.9 Å². The van der Waals surface area contributed by atoms with Gasteiger partial charge in [0.25, 0.3) is 0 Å². The minimum Gasteiger partial charge on any atom is -0.511 e. The average Bonchev–Trinajstić information content (AvgIpc) is 2.71. The van der Waals surface area contributed by atoms with Crippen LogP contribution in [0.15, 0.2) is 53.9 Å². The Morgan fingerprint density at radius 2 is 2.00 bits per heavy atom. The molecule has 0 aromatic heterocycles. The summed E-state index contributed by atoms with van der Waals surface area (Å²) in [6.07, 6.45) is 4.88. The van der Waals surface area contributed by atoms with Gasteiger partial charge >= 0.3 is 0 Å². The maximum absolute atomic E-state index is 12.4. The molecule has 8 heteroatoms. The zero-order valence-corrected chi connectivity index (χ0v) is 17.7. The van der Waals surface area contributed by atoms with E-state index in [9.17, 15) is 9.90 Å². The van der Waals surface area contributed by atoms with Gasteiger partial charge in [-0.05, 0) is 30.5 Å². The topological polar surface area (TPSA) is 136 Å². The van der Waals surface area contributed by atoms with E-state index in [0.29, 0.717) is 18.7 Å². The molecule has 0 radical (unpaired) electrons. The monoisotopic (exact) mass is 412 g/mol. The van der Waals surface area contributed by atoms with Crippen molar-refractivity contribution in [3.05, 3.63) is 54.4 Å². The second-order valence-electron chi connectivity index (χ2n) is 7.18. The number of anilines is 1. The van der Waals surface area contributed by atoms with Crippen LogP contribution in [0.4, 0.5) is 5.69 Å². The third kappa shape index (κ3) is 9.15. The van der Waals surface area contributed by atoms with E-state index in [2.05, 4.69) is 41.0 Å². The highest BCUT2D eigenvalue weighted by molar-refractivity contribution is 5.79. The maximum atomic E-state index is 12.4. The summed E-state index contributed by atoms with van der Waals surface area (Å²) >= 11 is 0. The summed E-state index contributed by atoms with van der Waals surface area (Å²) in [5.41, 5.74) is 7.89. The second-order valence-corrected chi connectivity index (χ2v) is 7.18. The fourth-order valence-electron chi connectivity index (χ4n) is 2.71. The smallest absolute Gasteiger partial charge is 0.223 e. The lowest BCUT2D eigenvalue weighted by atomic mass is 10.0. The van der Waals surface area contributed by atoms with Crippen LogP contribution in [0.2, 0.25) is 0 Å². The summed E-state index contributed by atoms with van der Waals surface area (Å²) in [6, 6.07) is 7.00. The van der Waals surface area contributed by atoms with E-state index in [0.717, 1.165) is 30.5 Å². The lowest BCUT2D eigenvalue weighted by Crippen LogP contribution is -2.40. The second kappa shape index (κ2) is 12.9. The standard InChI is InChI=1S/C22H32N6O2/c1-5-6-7-15(2)21(30)28-20(17(4)29)12-18-8-10-19(11-9-18)27-16(3)13-25-22(24)26-14-23/h8-11,15,20,27,29H,3-7,12-13H2,1-2H3,(H,28,30)(H3,24,25,26)/t15-,20-/m0/s1. The fraction of sp³-hybridized carbons (Fsp3) is 0.409. The molecule has 6 N–H and O–H groups in total. The van der Waals surface area contributed by atoms with E-state index in [-0.39, 0.29) is 23.5 Å². The van der Waals surface area contributed by atoms with Crippen LogP contribution >= 0.6 is 0 Å². The maximum Gasteiger partial charge on any atom is 0.223 e. The number of carbonyl (C=O) groups is 1. The zero-order chi connectivity index (χ0) is 22.5. The Kier molecular flexibility index (Phi) is 10.6. The Labute approximate surface area is 178 Å². The van der Waals surface area contributed by atoms with Crippen molar-refractivity contribution >= 4 is 17.6 Å². The van der Waals surface area contributed by atoms with E-state index < -0.39 is 6.04 Å². The Hall–Kier alpha value is -3.47. The molecule has 0 unspecified atom stereocenters. The van der Waals surface area contributed by atoms with E-state index in [1.807, 2.05) is 31.2 Å². The highest BCUT2D eigenvalue weighted by Gasteiger charge is 2.19. The van der Waals surface area contributed by atoms with Crippen molar-refractivity contribution < 1.29 is 9.90 Å². The van der Waals surface area contributed by atoms with Crippen LogP contribution in [0.3, 0.4) is 0 Å². The summed E-state index contributed by atoms with van der Waals surface area (Å²) in [5.74, 6) is -0.225. The number of carbonyl (C=O) groups excluding carboxylic acids is 1. The number of nitrogens with zero attached hydrogens (tertiary/aromatic N) is 2. The SMILES string of the molecule is C=C(CN/C(N)=N/C#N)Nc1ccc(C[C@H](NC(=O)[C@@H](C)CCCC)C(=C)O)cc1. The summed E-state index contributed by atoms with van der Waals surface area (Å²) < 4.78 is 0. The number of benzene rings is 1. The summed E-state index contributed by atoms with van der Waals surface area (Å²) in [6.45, 7) is 11.8. The minimum atomic E-state index is -0.540. The van der Waals surface area contributed by atoms with Gasteiger partial charge in [0.15, 0.2) is 0 Å². The zero-order valence-electron chi connectivity index (χ0n) is 17.7. The van der Waals surface area contributed by atoms with E-state index in [1.165, 1.54) is 0 Å². The van der Waals surface area contributed by atoms with Crippen molar-refractivity contribution in [1.82, 2.24) is 10.6 Å². The molecule has 0 aliphatic heterocycles. The Bertz CT molecular complexity index is 795. The van der Waals surface area contributed by atoms with Gasteiger partial charge in [-0.1, -0.05) is 52.0 Å². The van der Waals surface area contributed by atoms with Gasteiger partial charge in [-0.2, -0.15) is 5.26 Å². The summed E-state index contributed by atoms with van der Waals surface area (Å²) in [4.78, 5) is 15.7. The van der Waals surface area contributed by atoms with Crippen molar-refractivity contribution in [1.29, 1.82) is 5.26 Å². The largest absolute Gasteiger partial charge is 0.511 e. The van der Waals surface area contributed by atoms with Crippen LogP contribution in [0, 0.1) is 17.4 Å². The predicted octanol–water partition coefficient (Wildman–Crippen LogP) is 2.92. The van der Waals surface area contributed by atoms with Crippen LogP contribution in [-0.2, 0) is 11.2 Å². The number of hydrogen-bond acceptors (Lipinski definition) is 5. The molecular formula is C22H32N6O2. The number of aliphatic hydroxyl groups excluding tert-OH is 1. The molecule has 0 saturated carbocycles. The molecule has 162 valence electrons. The van der Waals surface area contributed by atoms with Gasteiger partial charge in [-0.15, -0.1) is 4.99 Å². The molecule has 1 aromatic rings. The molecule has 1 amide bonds. The number of hydrogen-bond donors (Lipinski definition) is 5. The van der Waals surface area contributed by atoms with Gasteiger partial charge < -0.3 is 26.8 Å². The van der Waals surface area contributed by atoms with Crippen molar-refractivity contribution in [2.45, 2.75) is 45.6 Å². The lowest BCUT2D eigenvalue weighted by molar-refractivity contribution is -0.125. The molecule has 0 aliphatic rings. The van der Waals surface area contributed by atoms with Crippen molar-refractivity contribution in [3.63, 3.8) is 0 Å². The van der Waals surface area contributed by atoms with E-state index in [4.69, 9.17) is 11.0 Å². The fourth-order valence-corrected chi connectivity index (χ4v) is 2.71. The molecule has 30 heavy (non-hydrogen) atoms. The molecule has 0 saturated heterocycles. The van der Waals surface area contributed by atoms with Crippen molar-refractivity contribution in [2.24, 2.45) is 16.6 Å². The highest BCUT2D eigenvalue weighted by Crippen LogP contribution is 2.15. The summed E-state index contributed by atoms with van der Waals surface area (Å²) in [5, 5.41) is 27.1. The van der Waals surface area contributed by atoms with Gasteiger partial charge in [0.1, 0.15) is 5.76 Å². The summed E-state index contributed by atoms with van der Waals surface area (Å²) in [7, 11) is 0. The number of nitrogens with two attached hydrogens (primary N) is 1. The molecule has 2 atom stereocenters. The quantitative estimate of drug-likeness (QED) is 0.155. The van der Waals surface area contributed by atoms with E-state index >= 15 is 0 Å². The minimum absolute atomic E-state index is 0.0251. The van der Waals surface area contributed by atoms with Crippen LogP contribution in [0.1, 0.15) is 38.7 Å². The number of rotatable bonds is 12. The highest BCUT2D eigenvalue weighted by atomic mass is 16.3. The Morgan fingerprint density at radius 1 is 1.33 bits per heavy atom. The van der Waals surface area contributed by atoms with Crippen molar-refractivity contribution in [3.8, 4) is 6.19 Å². The molecule has 0 aliphatic carbocycles. The third-order valence-corrected chi connectivity index (χ3v) is 4.53. The first kappa shape index (κ1) is 24.6. The molecule has 0 fully saturated rings. The Balaban J connectivity index is 2.62. The average molecular weight is 413 g/mol. The van der Waals surface area contributed by atoms with Gasteiger partial charge in [0, 0.05) is 17.3 Å². The molecule has 8 nitrogen and oxygen atoms in total. The van der Waals surface area contributed by atoms with Gasteiger partial charge in [-0.25, -0.2) is 0 Å². The van der Waals surface area contributed by atoms with E-state index in [1.54, 1.807) is 6.19 Å². The number of amides is 1. The van der Waals surface area contributed by atoms with Crippen LogP contribution < -0.4 is 21.7 Å². The number of guanidine groups is 1. The molecule has 0 spiro atoms. The van der Waals surface area contributed by atoms with Crippen LogP contribution in [0.25, 0.3) is 0 Å². The number of unbranched alkanes of at least 4 members (excludes halogenated alkanes) is 1. The lowest BCUT2D eigenvalue weighted by Gasteiger charge is -2.20. The number of nitriles is 1. The number of nitrogens with one attached hydrogen (secondary N) is 3. The first-order valence-electron chi connectivity index (χ1n) is 9.94. The number of aliphatic imine (C=N–C) groups is 1. The third-order valence-electron chi connectivity index (χ3n) is 4.53. The van der Waals surface area contributed by atoms with Gasteiger partial charge in [0.05, 0.1) is 12.6 Å². The molecule has 0 bridgehead atoms. The molecule has 1 aromatic carbocycles. The molecule has 0 heterocycles. The molecule has 1 rings (SSSR count). The Morgan fingerprint density at radius 3 is 2.57 bits per heavy atom. The number of aliphatic hydroxyl groups is 1. The van der Waals surface area contributed by atoms with Crippen LogP contribution in [-0.4, -0.2) is 29.6 Å². The van der Waals surface area contributed by atoms with Crippen LogP contribution in [0.5, 0.6) is 0 Å².